The molecule has 0 amide bonds. The lowest BCUT2D eigenvalue weighted by Crippen LogP contribution is -2.42. The molecule has 0 aliphatic rings. The van der Waals surface area contributed by atoms with Gasteiger partial charge in [-0.3, -0.25) is 4.99 Å². The number of benzene rings is 1. The predicted molar refractivity (Wildman–Crippen MR) is 122 cm³/mol. The van der Waals surface area contributed by atoms with Crippen molar-refractivity contribution in [3.8, 4) is 17.2 Å². The zero-order valence-corrected chi connectivity index (χ0v) is 19.5. The van der Waals surface area contributed by atoms with Gasteiger partial charge in [-0.25, -0.2) is 0 Å². The van der Waals surface area contributed by atoms with Gasteiger partial charge >= 0.3 is 0 Å². The highest BCUT2D eigenvalue weighted by Gasteiger charge is 2.22. The van der Waals surface area contributed by atoms with Crippen molar-refractivity contribution in [3.05, 3.63) is 40.1 Å². The third-order valence-electron chi connectivity index (χ3n) is 4.11. The van der Waals surface area contributed by atoms with Crippen molar-refractivity contribution >= 4 is 41.3 Å². The van der Waals surface area contributed by atoms with Gasteiger partial charge in [-0.2, -0.15) is 0 Å². The fourth-order valence-corrected chi connectivity index (χ4v) is 3.36. The second-order valence-electron chi connectivity index (χ2n) is 6.49. The molecule has 2 aromatic rings. The second kappa shape index (κ2) is 10.6. The summed E-state index contributed by atoms with van der Waals surface area (Å²) < 4.78 is 10.4. The number of nitrogens with zero attached hydrogens (tertiary/aromatic N) is 1. The molecule has 1 aromatic carbocycles. The molecule has 0 unspecified atom stereocenters. The molecule has 2 rings (SSSR count). The van der Waals surface area contributed by atoms with E-state index in [9.17, 15) is 5.11 Å². The third kappa shape index (κ3) is 6.17. The van der Waals surface area contributed by atoms with Crippen LogP contribution in [0.25, 0.3) is 0 Å². The van der Waals surface area contributed by atoms with Crippen molar-refractivity contribution in [2.45, 2.75) is 25.8 Å². The van der Waals surface area contributed by atoms with Gasteiger partial charge in [0.2, 0.25) is 5.75 Å². The number of nitrogens with one attached hydrogen (secondary N) is 2. The molecule has 8 heteroatoms. The molecular formula is C19H28IN3O3S. The molecule has 0 saturated heterocycles. The van der Waals surface area contributed by atoms with Crippen LogP contribution >= 0.6 is 35.3 Å². The van der Waals surface area contributed by atoms with Crippen LogP contribution in [-0.4, -0.2) is 38.9 Å². The fourth-order valence-electron chi connectivity index (χ4n) is 2.51. The maximum Gasteiger partial charge on any atom is 0.200 e. The highest BCUT2D eigenvalue weighted by molar-refractivity contribution is 14.0. The number of guanidine groups is 1. The average molecular weight is 505 g/mol. The van der Waals surface area contributed by atoms with E-state index in [2.05, 4.69) is 47.0 Å². The van der Waals surface area contributed by atoms with Crippen LogP contribution in [0.4, 0.5) is 0 Å². The molecule has 0 aliphatic carbocycles. The predicted octanol–water partition coefficient (Wildman–Crippen LogP) is 3.73. The number of aromatic hydroxyl groups is 1. The van der Waals surface area contributed by atoms with Gasteiger partial charge in [0.25, 0.3) is 0 Å². The fraction of sp³-hybridized carbons (Fsp3) is 0.421. The number of hydrogen-bond acceptors (Lipinski definition) is 5. The first kappa shape index (κ1) is 23.4. The molecule has 0 saturated carbocycles. The molecule has 0 aliphatic heterocycles. The molecule has 1 heterocycles. The molecule has 0 radical (unpaired) electrons. The Kier molecular flexibility index (Phi) is 9.17. The Balaban J connectivity index is 0.00000364. The van der Waals surface area contributed by atoms with Crippen LogP contribution in [0, 0.1) is 0 Å². The lowest BCUT2D eigenvalue weighted by molar-refractivity contribution is 0.339. The highest BCUT2D eigenvalue weighted by atomic mass is 127. The standard InChI is InChI=1S/C19H27N3O3S.HI/c1-19(2,16-7-6-8-26-16)12-22-18(20-3)21-11-13-9-14(24-4)17(23)15(10-13)25-5;/h6-10,23H,11-12H2,1-5H3,(H2,20,21,22);1H. The Morgan fingerprint density at radius 3 is 2.30 bits per heavy atom. The Morgan fingerprint density at radius 2 is 1.81 bits per heavy atom. The summed E-state index contributed by atoms with van der Waals surface area (Å²) in [6.45, 7) is 5.69. The Bertz CT molecular complexity index is 724. The first-order valence-corrected chi connectivity index (χ1v) is 9.21. The smallest absolute Gasteiger partial charge is 0.200 e. The zero-order valence-electron chi connectivity index (χ0n) is 16.3. The van der Waals surface area contributed by atoms with E-state index in [1.165, 1.54) is 19.1 Å². The Morgan fingerprint density at radius 1 is 1.19 bits per heavy atom. The monoisotopic (exact) mass is 505 g/mol. The maximum atomic E-state index is 10.00. The molecule has 0 bridgehead atoms. The minimum absolute atomic E-state index is 0. The topological polar surface area (TPSA) is 75.1 Å². The van der Waals surface area contributed by atoms with Gasteiger partial charge in [0.1, 0.15) is 0 Å². The minimum atomic E-state index is -0.000968. The second-order valence-corrected chi connectivity index (χ2v) is 7.44. The van der Waals surface area contributed by atoms with Crippen LogP contribution in [0.5, 0.6) is 17.2 Å². The van der Waals surface area contributed by atoms with Crippen LogP contribution in [-0.2, 0) is 12.0 Å². The Labute approximate surface area is 182 Å². The lowest BCUT2D eigenvalue weighted by atomic mass is 9.91. The molecule has 0 atom stereocenters. The molecule has 3 N–H and O–H groups in total. The van der Waals surface area contributed by atoms with Gasteiger partial charge in [0.05, 0.1) is 14.2 Å². The number of halogens is 1. The SMILES string of the molecule is CN=C(NCc1cc(OC)c(O)c(OC)c1)NCC(C)(C)c1cccs1.I. The van der Waals surface area contributed by atoms with E-state index < -0.39 is 0 Å². The van der Waals surface area contributed by atoms with Crippen LogP contribution < -0.4 is 20.1 Å². The summed E-state index contributed by atoms with van der Waals surface area (Å²) >= 11 is 1.76. The minimum Gasteiger partial charge on any atom is -0.502 e. The van der Waals surface area contributed by atoms with Crippen molar-refractivity contribution in [1.82, 2.24) is 10.6 Å². The first-order valence-electron chi connectivity index (χ1n) is 8.33. The van der Waals surface area contributed by atoms with Crippen molar-refractivity contribution in [2.24, 2.45) is 4.99 Å². The van der Waals surface area contributed by atoms with E-state index in [0.717, 1.165) is 12.1 Å². The zero-order chi connectivity index (χ0) is 19.2. The number of phenolic OH excluding ortho intramolecular Hbond substituents is 1. The summed E-state index contributed by atoms with van der Waals surface area (Å²) in [5, 5.41) is 18.7. The normalized spacial score (nSPS) is 11.5. The quantitative estimate of drug-likeness (QED) is 0.304. The Hall–Kier alpha value is -1.68. The van der Waals surface area contributed by atoms with E-state index in [1.54, 1.807) is 30.5 Å². The number of phenols is 1. The molecular weight excluding hydrogens is 477 g/mol. The first-order chi connectivity index (χ1) is 12.4. The largest absolute Gasteiger partial charge is 0.502 e. The summed E-state index contributed by atoms with van der Waals surface area (Å²) in [7, 11) is 4.77. The molecule has 150 valence electrons. The van der Waals surface area contributed by atoms with E-state index in [0.29, 0.717) is 24.0 Å². The van der Waals surface area contributed by atoms with Gasteiger partial charge in [-0.1, -0.05) is 19.9 Å². The van der Waals surface area contributed by atoms with Crippen LogP contribution in [0.2, 0.25) is 0 Å². The molecule has 0 spiro atoms. The van der Waals surface area contributed by atoms with E-state index in [-0.39, 0.29) is 35.1 Å². The number of methoxy groups -OCH3 is 2. The number of ether oxygens (including phenoxy) is 2. The summed E-state index contributed by atoms with van der Waals surface area (Å²) in [6.07, 6.45) is 0. The summed E-state index contributed by atoms with van der Waals surface area (Å²) in [5.41, 5.74) is 0.925. The van der Waals surface area contributed by atoms with E-state index >= 15 is 0 Å². The van der Waals surface area contributed by atoms with Crippen molar-refractivity contribution in [1.29, 1.82) is 0 Å². The molecule has 6 nitrogen and oxygen atoms in total. The van der Waals surface area contributed by atoms with Crippen molar-refractivity contribution in [2.75, 3.05) is 27.8 Å². The summed E-state index contributed by atoms with van der Waals surface area (Å²) in [5.74, 6) is 1.46. The maximum absolute atomic E-state index is 10.00. The van der Waals surface area contributed by atoms with Crippen LogP contribution in [0.1, 0.15) is 24.3 Å². The van der Waals surface area contributed by atoms with E-state index in [1.807, 2.05) is 0 Å². The average Bonchev–Trinajstić information content (AvgIpc) is 3.18. The van der Waals surface area contributed by atoms with Crippen molar-refractivity contribution < 1.29 is 14.6 Å². The van der Waals surface area contributed by atoms with Gasteiger partial charge in [0.15, 0.2) is 17.5 Å². The molecule has 1 aromatic heterocycles. The summed E-state index contributed by atoms with van der Waals surface area (Å²) in [4.78, 5) is 5.60. The van der Waals surface area contributed by atoms with Gasteiger partial charge in [0, 0.05) is 30.4 Å². The third-order valence-corrected chi connectivity index (χ3v) is 5.34. The van der Waals surface area contributed by atoms with Gasteiger partial charge in [-0.05, 0) is 29.1 Å². The van der Waals surface area contributed by atoms with Crippen molar-refractivity contribution in [3.63, 3.8) is 0 Å². The lowest BCUT2D eigenvalue weighted by Gasteiger charge is -2.25. The van der Waals surface area contributed by atoms with Crippen LogP contribution in [0.3, 0.4) is 0 Å². The number of aliphatic imine (C=N–C) groups is 1. The van der Waals surface area contributed by atoms with Gasteiger partial charge < -0.3 is 25.2 Å². The van der Waals surface area contributed by atoms with Crippen LogP contribution in [0.15, 0.2) is 34.6 Å². The molecule has 0 fully saturated rings. The number of thiophene rings is 1. The molecule has 27 heavy (non-hydrogen) atoms. The van der Waals surface area contributed by atoms with E-state index in [4.69, 9.17) is 9.47 Å². The summed E-state index contributed by atoms with van der Waals surface area (Å²) in [6, 6.07) is 7.76. The van der Waals surface area contributed by atoms with Gasteiger partial charge in [-0.15, -0.1) is 35.3 Å². The highest BCUT2D eigenvalue weighted by Crippen LogP contribution is 2.37. The number of hydrogen-bond donors (Lipinski definition) is 3. The number of rotatable bonds is 7.